The van der Waals surface area contributed by atoms with Crippen molar-refractivity contribution in [3.05, 3.63) is 35.9 Å². The standard InChI is InChI=1S/C15H19FN2O2.ClH/c16-14-12-7-6-11(17-12)8-13(14)18-15(19)20-9-10-4-2-1-3-5-10;/h1-5,11-14,17H,6-9H2,(H,18,19);1H/t11-,12+,13+,14+;/m1./s1. The molecule has 1 amide bonds. The van der Waals surface area contributed by atoms with Crippen LogP contribution in [0.3, 0.4) is 0 Å². The molecule has 4 nitrogen and oxygen atoms in total. The highest BCUT2D eigenvalue weighted by Crippen LogP contribution is 2.29. The molecule has 2 aliphatic rings. The Hall–Kier alpha value is -1.33. The number of alkyl halides is 1. The van der Waals surface area contributed by atoms with Gasteiger partial charge >= 0.3 is 6.09 Å². The second kappa shape index (κ2) is 7.09. The molecule has 3 rings (SSSR count). The number of carbonyl (C=O) groups is 1. The minimum absolute atomic E-state index is 0. The van der Waals surface area contributed by atoms with Gasteiger partial charge in [0.05, 0.1) is 6.04 Å². The van der Waals surface area contributed by atoms with Gasteiger partial charge in [0.25, 0.3) is 0 Å². The maximum Gasteiger partial charge on any atom is 0.407 e. The summed E-state index contributed by atoms with van der Waals surface area (Å²) >= 11 is 0. The summed E-state index contributed by atoms with van der Waals surface area (Å²) < 4.78 is 19.3. The van der Waals surface area contributed by atoms with E-state index in [9.17, 15) is 9.18 Å². The van der Waals surface area contributed by atoms with Gasteiger partial charge in [-0.1, -0.05) is 30.3 Å². The van der Waals surface area contributed by atoms with E-state index in [2.05, 4.69) is 10.6 Å². The average molecular weight is 315 g/mol. The summed E-state index contributed by atoms with van der Waals surface area (Å²) in [4.78, 5) is 11.7. The lowest BCUT2D eigenvalue weighted by Gasteiger charge is -2.32. The number of fused-ring (bicyclic) bond motifs is 2. The molecule has 2 bridgehead atoms. The zero-order valence-corrected chi connectivity index (χ0v) is 12.4. The third-order valence-corrected chi connectivity index (χ3v) is 4.10. The van der Waals surface area contributed by atoms with E-state index in [0.717, 1.165) is 18.4 Å². The summed E-state index contributed by atoms with van der Waals surface area (Å²) in [6.07, 6.45) is 0.907. The Balaban J connectivity index is 0.00000161. The van der Waals surface area contributed by atoms with Crippen LogP contribution in [0, 0.1) is 0 Å². The van der Waals surface area contributed by atoms with Gasteiger partial charge in [-0.3, -0.25) is 0 Å². The molecule has 0 aliphatic carbocycles. The highest BCUT2D eigenvalue weighted by Gasteiger charge is 2.42. The SMILES string of the molecule is Cl.O=C(N[C@H]1C[C@H]2CC[C@H](N2)[C@@H]1F)OCc1ccccc1. The molecule has 6 heteroatoms. The summed E-state index contributed by atoms with van der Waals surface area (Å²) in [5, 5.41) is 5.90. The van der Waals surface area contributed by atoms with Crippen LogP contribution in [0.1, 0.15) is 24.8 Å². The summed E-state index contributed by atoms with van der Waals surface area (Å²) in [5.41, 5.74) is 0.921. The first-order valence-corrected chi connectivity index (χ1v) is 7.10. The Morgan fingerprint density at radius 1 is 1.33 bits per heavy atom. The van der Waals surface area contributed by atoms with E-state index in [1.165, 1.54) is 0 Å². The second-order valence-corrected chi connectivity index (χ2v) is 5.54. The van der Waals surface area contributed by atoms with E-state index in [4.69, 9.17) is 4.74 Å². The largest absolute Gasteiger partial charge is 0.445 e. The van der Waals surface area contributed by atoms with Crippen molar-refractivity contribution in [3.8, 4) is 0 Å². The molecule has 2 saturated heterocycles. The number of carbonyl (C=O) groups excluding carboxylic acids is 1. The van der Waals surface area contributed by atoms with Crippen LogP contribution >= 0.6 is 12.4 Å². The molecule has 2 N–H and O–H groups in total. The molecule has 1 aromatic rings. The molecule has 4 atom stereocenters. The Bertz CT molecular complexity index is 474. The van der Waals surface area contributed by atoms with Crippen molar-refractivity contribution in [2.45, 2.75) is 50.2 Å². The minimum Gasteiger partial charge on any atom is -0.445 e. The normalized spacial score (nSPS) is 30.3. The van der Waals surface area contributed by atoms with E-state index in [1.54, 1.807) is 0 Å². The van der Waals surface area contributed by atoms with Crippen molar-refractivity contribution >= 4 is 18.5 Å². The van der Waals surface area contributed by atoms with Gasteiger partial charge in [-0.2, -0.15) is 0 Å². The third kappa shape index (κ3) is 3.86. The fourth-order valence-corrected chi connectivity index (χ4v) is 3.06. The predicted molar refractivity (Wildman–Crippen MR) is 80.3 cm³/mol. The van der Waals surface area contributed by atoms with Crippen LogP contribution in [0.5, 0.6) is 0 Å². The summed E-state index contributed by atoms with van der Waals surface area (Å²) in [7, 11) is 0. The molecule has 0 spiro atoms. The maximum atomic E-state index is 14.1. The van der Waals surface area contributed by atoms with E-state index in [1.807, 2.05) is 30.3 Å². The molecule has 2 heterocycles. The zero-order valence-electron chi connectivity index (χ0n) is 11.6. The Kier molecular flexibility index (Phi) is 5.42. The number of hydrogen-bond acceptors (Lipinski definition) is 3. The minimum atomic E-state index is -1.03. The van der Waals surface area contributed by atoms with Crippen molar-refractivity contribution in [2.24, 2.45) is 0 Å². The zero-order chi connectivity index (χ0) is 13.9. The fraction of sp³-hybridized carbons (Fsp3) is 0.533. The number of rotatable bonds is 3. The highest BCUT2D eigenvalue weighted by atomic mass is 35.5. The van der Waals surface area contributed by atoms with Crippen LogP contribution in [0.4, 0.5) is 9.18 Å². The molecule has 1 aromatic carbocycles. The molecule has 116 valence electrons. The van der Waals surface area contributed by atoms with Crippen LogP contribution in [0.25, 0.3) is 0 Å². The van der Waals surface area contributed by atoms with Crippen LogP contribution in [0.15, 0.2) is 30.3 Å². The Morgan fingerprint density at radius 2 is 2.10 bits per heavy atom. The van der Waals surface area contributed by atoms with Gasteiger partial charge in [0.1, 0.15) is 12.8 Å². The van der Waals surface area contributed by atoms with Crippen molar-refractivity contribution in [1.82, 2.24) is 10.6 Å². The number of amides is 1. The number of benzene rings is 1. The van der Waals surface area contributed by atoms with E-state index < -0.39 is 18.3 Å². The number of ether oxygens (including phenoxy) is 1. The van der Waals surface area contributed by atoms with Gasteiger partial charge in [-0.05, 0) is 24.8 Å². The molecule has 2 fully saturated rings. The number of piperidine rings is 1. The average Bonchev–Trinajstić information content (AvgIpc) is 2.88. The molecular formula is C15H20ClFN2O2. The molecule has 21 heavy (non-hydrogen) atoms. The quantitative estimate of drug-likeness (QED) is 0.901. The maximum absolute atomic E-state index is 14.1. The smallest absolute Gasteiger partial charge is 0.407 e. The number of hydrogen-bond donors (Lipinski definition) is 2. The van der Waals surface area contributed by atoms with E-state index in [-0.39, 0.29) is 25.1 Å². The fourth-order valence-electron chi connectivity index (χ4n) is 3.06. The molecule has 2 aliphatic heterocycles. The van der Waals surface area contributed by atoms with Gasteiger partial charge < -0.3 is 15.4 Å². The first kappa shape index (κ1) is 16.0. The second-order valence-electron chi connectivity index (χ2n) is 5.54. The lowest BCUT2D eigenvalue weighted by molar-refractivity contribution is 0.111. The number of alkyl carbamates (subject to hydrolysis) is 1. The monoisotopic (exact) mass is 314 g/mol. The molecule has 0 aromatic heterocycles. The van der Waals surface area contributed by atoms with Gasteiger partial charge in [-0.25, -0.2) is 9.18 Å². The van der Waals surface area contributed by atoms with E-state index >= 15 is 0 Å². The van der Waals surface area contributed by atoms with Gasteiger partial charge in [0.15, 0.2) is 0 Å². The van der Waals surface area contributed by atoms with Crippen molar-refractivity contribution in [2.75, 3.05) is 0 Å². The topological polar surface area (TPSA) is 50.4 Å². The summed E-state index contributed by atoms with van der Waals surface area (Å²) in [6, 6.07) is 9.22. The summed E-state index contributed by atoms with van der Waals surface area (Å²) in [5.74, 6) is 0. The van der Waals surface area contributed by atoms with Crippen molar-refractivity contribution < 1.29 is 13.9 Å². The highest BCUT2D eigenvalue weighted by molar-refractivity contribution is 5.85. The molecule has 0 saturated carbocycles. The van der Waals surface area contributed by atoms with Crippen molar-refractivity contribution in [3.63, 3.8) is 0 Å². The molecular weight excluding hydrogens is 295 g/mol. The third-order valence-electron chi connectivity index (χ3n) is 4.10. The first-order chi connectivity index (χ1) is 9.72. The number of nitrogens with one attached hydrogen (secondary N) is 2. The van der Waals surface area contributed by atoms with Gasteiger partial charge in [0, 0.05) is 12.1 Å². The Labute approximate surface area is 129 Å². The van der Waals surface area contributed by atoms with Crippen LogP contribution in [0.2, 0.25) is 0 Å². The first-order valence-electron chi connectivity index (χ1n) is 7.10. The molecule has 0 radical (unpaired) electrons. The van der Waals surface area contributed by atoms with Crippen LogP contribution < -0.4 is 10.6 Å². The van der Waals surface area contributed by atoms with Crippen molar-refractivity contribution in [1.29, 1.82) is 0 Å². The summed E-state index contributed by atoms with van der Waals surface area (Å²) in [6.45, 7) is 0.210. The predicted octanol–water partition coefficient (Wildman–Crippen LogP) is 2.57. The lowest BCUT2D eigenvalue weighted by Crippen LogP contribution is -2.56. The van der Waals surface area contributed by atoms with Crippen LogP contribution in [-0.2, 0) is 11.3 Å². The lowest BCUT2D eigenvalue weighted by atomic mass is 9.98. The van der Waals surface area contributed by atoms with Gasteiger partial charge in [0.2, 0.25) is 0 Å². The number of halogens is 2. The Morgan fingerprint density at radius 3 is 2.86 bits per heavy atom. The van der Waals surface area contributed by atoms with E-state index in [0.29, 0.717) is 12.5 Å². The van der Waals surface area contributed by atoms with Gasteiger partial charge in [-0.15, -0.1) is 12.4 Å². The molecule has 0 unspecified atom stereocenters. The van der Waals surface area contributed by atoms with Crippen LogP contribution in [-0.4, -0.2) is 30.4 Å².